The van der Waals surface area contributed by atoms with Gasteiger partial charge in [-0.2, -0.15) is 13.2 Å². The molecule has 0 radical (unpaired) electrons. The molecule has 4 heterocycles. The van der Waals surface area contributed by atoms with Gasteiger partial charge in [0.25, 0.3) is 10.0 Å². The number of ether oxygens (including phenoxy) is 1. The lowest BCUT2D eigenvalue weighted by Gasteiger charge is -2.45. The minimum atomic E-state index is -4.36. The topological polar surface area (TPSA) is 110 Å². The summed E-state index contributed by atoms with van der Waals surface area (Å²) in [6.45, 7) is 0.266. The zero-order chi connectivity index (χ0) is 26.4. The molecular formula is C23H23F4N5O3S2. The van der Waals surface area contributed by atoms with Crippen molar-refractivity contribution in [3.63, 3.8) is 0 Å². The van der Waals surface area contributed by atoms with Crippen LogP contribution in [0, 0.1) is 11.7 Å². The zero-order valence-corrected chi connectivity index (χ0v) is 20.9. The normalized spacial score (nSPS) is 22.8. The second-order valence-corrected chi connectivity index (χ2v) is 11.5. The highest BCUT2D eigenvalue weighted by Crippen LogP contribution is 2.48. The van der Waals surface area contributed by atoms with E-state index in [1.54, 1.807) is 23.6 Å². The van der Waals surface area contributed by atoms with Gasteiger partial charge in [0.1, 0.15) is 22.3 Å². The van der Waals surface area contributed by atoms with Crippen LogP contribution in [0.25, 0.3) is 0 Å². The Bertz CT molecular complexity index is 1390. The van der Waals surface area contributed by atoms with Crippen LogP contribution in [-0.4, -0.2) is 42.6 Å². The number of nitrogens with one attached hydrogen (secondary N) is 1. The van der Waals surface area contributed by atoms with Gasteiger partial charge in [0.2, 0.25) is 0 Å². The first-order valence-corrected chi connectivity index (χ1v) is 13.8. The van der Waals surface area contributed by atoms with Gasteiger partial charge >= 0.3 is 6.18 Å². The molecule has 2 aliphatic heterocycles. The molecule has 1 saturated heterocycles. The molecule has 0 aliphatic carbocycles. The maximum atomic E-state index is 15.2. The van der Waals surface area contributed by atoms with E-state index in [0.717, 1.165) is 23.5 Å². The van der Waals surface area contributed by atoms with E-state index < -0.39 is 44.9 Å². The van der Waals surface area contributed by atoms with Crippen molar-refractivity contribution in [2.45, 2.75) is 42.4 Å². The van der Waals surface area contributed by atoms with E-state index >= 15 is 4.39 Å². The van der Waals surface area contributed by atoms with E-state index in [1.807, 2.05) is 4.90 Å². The summed E-state index contributed by atoms with van der Waals surface area (Å²) in [5.74, 6) is -2.17. The lowest BCUT2D eigenvalue weighted by molar-refractivity contribution is -0.192. The first-order valence-electron chi connectivity index (χ1n) is 11.5. The Morgan fingerprint density at radius 3 is 2.70 bits per heavy atom. The Hall–Kier alpha value is -2.97. The van der Waals surface area contributed by atoms with E-state index in [2.05, 4.69) is 14.7 Å². The fraction of sp³-hybridized carbons (Fsp3) is 0.391. The number of benzene rings is 1. The first-order chi connectivity index (χ1) is 17.5. The number of pyridine rings is 1. The molecule has 1 aromatic carbocycles. The minimum absolute atomic E-state index is 0.0842. The van der Waals surface area contributed by atoms with Crippen molar-refractivity contribution in [2.24, 2.45) is 5.92 Å². The van der Waals surface area contributed by atoms with Gasteiger partial charge in [-0.3, -0.25) is 9.62 Å². The molecule has 2 aliphatic rings. The number of thiazole rings is 1. The number of nitrogens with zero attached hydrogens (tertiary/aromatic N) is 3. The quantitative estimate of drug-likeness (QED) is 0.430. The summed E-state index contributed by atoms with van der Waals surface area (Å²) >= 11 is 1.04. The number of alkyl halides is 3. The third-order valence-corrected chi connectivity index (χ3v) is 8.83. The molecule has 3 atom stereocenters. The van der Waals surface area contributed by atoms with Crippen LogP contribution in [0.15, 0.2) is 46.8 Å². The minimum Gasteiger partial charge on any atom is -0.493 e. The average molecular weight is 558 g/mol. The van der Waals surface area contributed by atoms with E-state index in [0.29, 0.717) is 17.7 Å². The molecule has 198 valence electrons. The number of anilines is 2. The van der Waals surface area contributed by atoms with Gasteiger partial charge in [-0.1, -0.05) is 6.07 Å². The SMILES string of the molecule is Nc1cccc([C@@H]2C[C@H](C(F)(F)F)CCN2C2CCOc3cc(S(=O)(=O)Nc4nccs4)c(F)cc32)n1. The summed E-state index contributed by atoms with van der Waals surface area (Å²) < 4.78 is 89.8. The molecular weight excluding hydrogens is 534 g/mol. The van der Waals surface area contributed by atoms with Crippen LogP contribution in [-0.2, 0) is 10.0 Å². The molecule has 0 amide bonds. The van der Waals surface area contributed by atoms with Gasteiger partial charge < -0.3 is 10.5 Å². The maximum absolute atomic E-state index is 15.2. The average Bonchev–Trinajstić information content (AvgIpc) is 3.34. The number of aromatic nitrogens is 2. The fourth-order valence-corrected chi connectivity index (χ4v) is 6.83. The van der Waals surface area contributed by atoms with Gasteiger partial charge in [0.15, 0.2) is 5.13 Å². The van der Waals surface area contributed by atoms with Crippen molar-refractivity contribution in [1.82, 2.24) is 14.9 Å². The van der Waals surface area contributed by atoms with Crippen molar-refractivity contribution >= 4 is 32.3 Å². The summed E-state index contributed by atoms with van der Waals surface area (Å²) in [5.41, 5.74) is 6.59. The maximum Gasteiger partial charge on any atom is 0.391 e. The molecule has 14 heteroatoms. The van der Waals surface area contributed by atoms with Crippen LogP contribution >= 0.6 is 11.3 Å². The number of nitrogen functional groups attached to an aromatic ring is 1. The number of likely N-dealkylation sites (tertiary alicyclic amines) is 1. The molecule has 8 nitrogen and oxygen atoms in total. The van der Waals surface area contributed by atoms with Crippen LogP contribution < -0.4 is 15.2 Å². The number of piperidine rings is 1. The molecule has 37 heavy (non-hydrogen) atoms. The van der Waals surface area contributed by atoms with Crippen LogP contribution in [0.2, 0.25) is 0 Å². The van der Waals surface area contributed by atoms with Gasteiger partial charge in [0, 0.05) is 42.2 Å². The van der Waals surface area contributed by atoms with E-state index in [-0.39, 0.29) is 42.7 Å². The highest BCUT2D eigenvalue weighted by atomic mass is 32.2. The molecule has 5 rings (SSSR count). The second kappa shape index (κ2) is 9.72. The van der Waals surface area contributed by atoms with E-state index in [4.69, 9.17) is 10.5 Å². The van der Waals surface area contributed by atoms with Crippen molar-refractivity contribution in [1.29, 1.82) is 0 Å². The predicted molar refractivity (Wildman–Crippen MR) is 129 cm³/mol. The van der Waals surface area contributed by atoms with Gasteiger partial charge in [-0.15, -0.1) is 11.3 Å². The van der Waals surface area contributed by atoms with Gasteiger partial charge in [0.05, 0.1) is 24.3 Å². The summed E-state index contributed by atoms with van der Waals surface area (Å²) in [7, 11) is -4.29. The smallest absolute Gasteiger partial charge is 0.391 e. The molecule has 0 spiro atoms. The molecule has 0 saturated carbocycles. The zero-order valence-electron chi connectivity index (χ0n) is 19.3. The van der Waals surface area contributed by atoms with Gasteiger partial charge in [-0.05, 0) is 31.0 Å². The monoisotopic (exact) mass is 557 g/mol. The molecule has 3 aromatic rings. The van der Waals surface area contributed by atoms with Crippen LogP contribution in [0.5, 0.6) is 5.75 Å². The largest absolute Gasteiger partial charge is 0.493 e. The standard InChI is InChI=1S/C23H23F4N5O3S2/c24-15-11-14-17(5-8-35-19(14)12-20(15)37(33,34)31-22-29-6-9-36-22)32-7-4-13(23(25,26)27)10-18(32)16-2-1-3-21(28)30-16/h1-3,6,9,11-13,17-18H,4-5,7-8,10H2,(H2,28,30)(H,29,31)/t13-,17?,18+/m1/s1. The lowest BCUT2D eigenvalue weighted by Crippen LogP contribution is -2.44. The van der Waals surface area contributed by atoms with E-state index in [9.17, 15) is 21.6 Å². The Balaban J connectivity index is 1.51. The molecule has 1 unspecified atom stereocenters. The Kier molecular flexibility index (Phi) is 6.75. The second-order valence-electron chi connectivity index (χ2n) is 8.92. The highest BCUT2D eigenvalue weighted by molar-refractivity contribution is 7.93. The Morgan fingerprint density at radius 1 is 1.19 bits per heavy atom. The van der Waals surface area contributed by atoms with Crippen molar-refractivity contribution in [3.05, 3.63) is 59.0 Å². The fourth-order valence-electron chi connectivity index (χ4n) is 4.96. The molecule has 3 N–H and O–H groups in total. The van der Waals surface area contributed by atoms with Crippen molar-refractivity contribution < 1.29 is 30.7 Å². The number of fused-ring (bicyclic) bond motifs is 1. The first kappa shape index (κ1) is 25.7. The van der Waals surface area contributed by atoms with Crippen LogP contribution in [0.3, 0.4) is 0 Å². The Morgan fingerprint density at radius 2 is 2.00 bits per heavy atom. The Labute approximate surface area is 214 Å². The highest BCUT2D eigenvalue weighted by Gasteiger charge is 2.47. The van der Waals surface area contributed by atoms with E-state index in [1.165, 1.54) is 6.20 Å². The number of hydrogen-bond donors (Lipinski definition) is 2. The van der Waals surface area contributed by atoms with Crippen molar-refractivity contribution in [2.75, 3.05) is 23.6 Å². The van der Waals surface area contributed by atoms with Crippen molar-refractivity contribution in [3.8, 4) is 5.75 Å². The third kappa shape index (κ3) is 5.22. The van der Waals surface area contributed by atoms with Crippen LogP contribution in [0.1, 0.15) is 42.6 Å². The number of rotatable bonds is 5. The molecule has 2 aromatic heterocycles. The number of sulfonamides is 1. The summed E-state index contributed by atoms with van der Waals surface area (Å²) in [6, 6.07) is 5.80. The predicted octanol–water partition coefficient (Wildman–Crippen LogP) is 4.90. The lowest BCUT2D eigenvalue weighted by atomic mass is 9.85. The number of halogens is 4. The summed E-state index contributed by atoms with van der Waals surface area (Å²) in [6.07, 6.45) is -2.92. The number of hydrogen-bond acceptors (Lipinski definition) is 8. The van der Waals surface area contributed by atoms with Crippen LogP contribution in [0.4, 0.5) is 28.5 Å². The number of nitrogens with two attached hydrogens (primary N) is 1. The summed E-state index contributed by atoms with van der Waals surface area (Å²) in [5, 5.41) is 1.66. The third-order valence-electron chi connectivity index (χ3n) is 6.66. The molecule has 1 fully saturated rings. The van der Waals surface area contributed by atoms with Gasteiger partial charge in [-0.25, -0.2) is 22.8 Å². The molecule has 0 bridgehead atoms. The summed E-state index contributed by atoms with van der Waals surface area (Å²) in [4.78, 5) is 9.40.